The lowest BCUT2D eigenvalue weighted by atomic mass is 10.1. The Morgan fingerprint density at radius 1 is 0.731 bits per heavy atom. The average molecular weight is 364 g/mol. The van der Waals surface area contributed by atoms with E-state index in [4.69, 9.17) is 28.4 Å². The van der Waals surface area contributed by atoms with Gasteiger partial charge in [0.2, 0.25) is 11.5 Å². The maximum atomic E-state index is 12.8. The zero-order valence-corrected chi connectivity index (χ0v) is 15.5. The number of benzene rings is 1. The van der Waals surface area contributed by atoms with E-state index in [0.29, 0.717) is 11.1 Å². The second kappa shape index (κ2) is 7.36. The predicted octanol–water partition coefficient (Wildman–Crippen LogP) is 3.05. The summed E-state index contributed by atoms with van der Waals surface area (Å²) in [5, 5.41) is 0. The van der Waals surface area contributed by atoms with Crippen LogP contribution in [0.25, 0.3) is 5.76 Å². The molecule has 7 heteroatoms. The number of carbonyl (C=O) groups is 1. The minimum absolute atomic E-state index is 0.0307. The third kappa shape index (κ3) is 2.72. The fraction of sp³-hybridized carbons (Fsp3) is 0.526. The van der Waals surface area contributed by atoms with E-state index in [9.17, 15) is 4.79 Å². The first-order valence-electron chi connectivity index (χ1n) is 8.90. The van der Waals surface area contributed by atoms with E-state index in [0.717, 1.165) is 0 Å². The molecule has 3 rings (SSSR count). The molecular weight excluding hydrogens is 340 g/mol. The summed E-state index contributed by atoms with van der Waals surface area (Å²) < 4.78 is 35.4. The van der Waals surface area contributed by atoms with Crippen molar-refractivity contribution in [3.63, 3.8) is 0 Å². The highest BCUT2D eigenvalue weighted by atomic mass is 17.0. The molecule has 1 heterocycles. The first-order valence-corrected chi connectivity index (χ1v) is 8.90. The Bertz CT molecular complexity index is 698. The number of rotatable bonds is 8. The van der Waals surface area contributed by atoms with Gasteiger partial charge in [-0.2, -0.15) is 0 Å². The Labute approximate surface area is 152 Å². The van der Waals surface area contributed by atoms with E-state index >= 15 is 0 Å². The van der Waals surface area contributed by atoms with Gasteiger partial charge in [0.25, 0.3) is 0 Å². The molecule has 0 unspecified atom stereocenters. The van der Waals surface area contributed by atoms with Crippen LogP contribution >= 0.6 is 0 Å². The van der Waals surface area contributed by atoms with Crippen molar-refractivity contribution in [1.29, 1.82) is 0 Å². The van der Waals surface area contributed by atoms with Crippen LogP contribution in [0.4, 0.5) is 0 Å². The van der Waals surface area contributed by atoms with Crippen LogP contribution in [0.2, 0.25) is 0 Å². The lowest BCUT2D eigenvalue weighted by molar-refractivity contribution is -0.549. The monoisotopic (exact) mass is 364 g/mol. The summed E-state index contributed by atoms with van der Waals surface area (Å²) in [6.45, 7) is 8.12. The van der Waals surface area contributed by atoms with E-state index in [1.54, 1.807) is 45.9 Å². The van der Waals surface area contributed by atoms with Crippen LogP contribution in [0.15, 0.2) is 30.0 Å². The number of carbonyl (C=O) groups excluding carboxylic acids is 1. The second-order valence-electron chi connectivity index (χ2n) is 5.58. The molecule has 0 aromatic heterocycles. The summed E-state index contributed by atoms with van der Waals surface area (Å²) in [5.74, 6) is -3.66. The molecule has 1 aromatic rings. The first-order chi connectivity index (χ1) is 12.6. The molecule has 0 bridgehead atoms. The molecule has 0 atom stereocenters. The third-order valence-corrected chi connectivity index (χ3v) is 4.01. The van der Waals surface area contributed by atoms with Crippen LogP contribution in [-0.4, -0.2) is 44.2 Å². The molecule has 0 fully saturated rings. The van der Waals surface area contributed by atoms with Crippen molar-refractivity contribution in [2.75, 3.05) is 26.4 Å². The normalized spacial score (nSPS) is 19.6. The van der Waals surface area contributed by atoms with Gasteiger partial charge < -0.3 is 28.4 Å². The number of hydrogen-bond donors (Lipinski definition) is 0. The molecule has 142 valence electrons. The van der Waals surface area contributed by atoms with Crippen LogP contribution in [0.5, 0.6) is 0 Å². The standard InChI is InChI=1S/C19H24O7/c1-5-21-18(22-6-2)19(23-7-3,24-8-4)26-17-15(20)13-11-9-10-12-14(13)16(17)25-18/h9-12H,5-8H2,1-4H3. The molecule has 0 spiro atoms. The maximum Gasteiger partial charge on any atom is 0.428 e. The van der Waals surface area contributed by atoms with Crippen LogP contribution in [0.3, 0.4) is 0 Å². The zero-order valence-electron chi connectivity index (χ0n) is 15.5. The van der Waals surface area contributed by atoms with Gasteiger partial charge in [-0.15, -0.1) is 0 Å². The van der Waals surface area contributed by atoms with Gasteiger partial charge in [0, 0.05) is 11.1 Å². The van der Waals surface area contributed by atoms with Gasteiger partial charge in [-0.05, 0) is 27.7 Å². The van der Waals surface area contributed by atoms with Gasteiger partial charge in [-0.25, -0.2) is 0 Å². The number of fused-ring (bicyclic) bond motifs is 2. The lowest BCUT2D eigenvalue weighted by Gasteiger charge is -2.47. The molecule has 0 radical (unpaired) electrons. The van der Waals surface area contributed by atoms with Crippen LogP contribution < -0.4 is 0 Å². The summed E-state index contributed by atoms with van der Waals surface area (Å²) in [7, 11) is 0. The Kier molecular flexibility index (Phi) is 5.34. The van der Waals surface area contributed by atoms with Crippen molar-refractivity contribution in [2.24, 2.45) is 0 Å². The van der Waals surface area contributed by atoms with Crippen LogP contribution in [0, 0.1) is 0 Å². The summed E-state index contributed by atoms with van der Waals surface area (Å²) in [4.78, 5) is 12.8. The van der Waals surface area contributed by atoms with Gasteiger partial charge in [0.1, 0.15) is 0 Å². The smallest absolute Gasteiger partial charge is 0.427 e. The molecule has 1 aliphatic heterocycles. The highest BCUT2D eigenvalue weighted by Gasteiger charge is 2.68. The number of Topliss-reactive ketones (excluding diaryl/α,β-unsaturated/α-hetero) is 1. The SMILES string of the molecule is CCOC1(OCC)OC2=C(OC1(OCC)OCC)c1ccccc1C2=O. The van der Waals surface area contributed by atoms with Gasteiger partial charge >= 0.3 is 11.9 Å². The molecule has 0 N–H and O–H groups in total. The minimum Gasteiger partial charge on any atom is -0.427 e. The van der Waals surface area contributed by atoms with Crippen LogP contribution in [-0.2, 0) is 28.4 Å². The van der Waals surface area contributed by atoms with E-state index in [-0.39, 0.29) is 43.7 Å². The van der Waals surface area contributed by atoms with Crippen molar-refractivity contribution in [3.05, 3.63) is 41.2 Å². The average Bonchev–Trinajstić information content (AvgIpc) is 2.89. The fourth-order valence-electron chi connectivity index (χ4n) is 3.13. The topological polar surface area (TPSA) is 72.5 Å². The molecule has 2 aliphatic rings. The van der Waals surface area contributed by atoms with Crippen molar-refractivity contribution >= 4 is 11.5 Å². The predicted molar refractivity (Wildman–Crippen MR) is 91.8 cm³/mol. The Morgan fingerprint density at radius 3 is 1.62 bits per heavy atom. The van der Waals surface area contributed by atoms with Crippen molar-refractivity contribution in [1.82, 2.24) is 0 Å². The molecule has 1 aromatic carbocycles. The molecule has 26 heavy (non-hydrogen) atoms. The second-order valence-corrected chi connectivity index (χ2v) is 5.58. The summed E-state index contributed by atoms with van der Waals surface area (Å²) in [5.41, 5.74) is 1.11. The molecule has 0 saturated heterocycles. The maximum absolute atomic E-state index is 12.8. The molecule has 0 amide bonds. The summed E-state index contributed by atoms with van der Waals surface area (Å²) in [6.07, 6.45) is 0. The van der Waals surface area contributed by atoms with Gasteiger partial charge in [-0.1, -0.05) is 24.3 Å². The number of allylic oxidation sites excluding steroid dienone is 1. The highest BCUT2D eigenvalue weighted by molar-refractivity contribution is 6.18. The van der Waals surface area contributed by atoms with E-state index < -0.39 is 11.9 Å². The summed E-state index contributed by atoms with van der Waals surface area (Å²) in [6, 6.07) is 7.11. The molecule has 1 aliphatic carbocycles. The summed E-state index contributed by atoms with van der Waals surface area (Å²) >= 11 is 0. The van der Waals surface area contributed by atoms with Crippen molar-refractivity contribution in [2.45, 2.75) is 39.6 Å². The third-order valence-electron chi connectivity index (χ3n) is 4.01. The van der Waals surface area contributed by atoms with Crippen molar-refractivity contribution < 1.29 is 33.2 Å². The number of ether oxygens (including phenoxy) is 6. The fourth-order valence-corrected chi connectivity index (χ4v) is 3.13. The Hall–Kier alpha value is -1.93. The molecular formula is C19H24O7. The minimum atomic E-state index is -1.86. The van der Waals surface area contributed by atoms with Crippen molar-refractivity contribution in [3.8, 4) is 0 Å². The van der Waals surface area contributed by atoms with E-state index in [1.807, 2.05) is 6.07 Å². The number of hydrogen-bond acceptors (Lipinski definition) is 7. The first kappa shape index (κ1) is 18.8. The van der Waals surface area contributed by atoms with Gasteiger partial charge in [-0.3, -0.25) is 4.79 Å². The zero-order chi connectivity index (χ0) is 18.8. The highest BCUT2D eigenvalue weighted by Crippen LogP contribution is 2.49. The lowest BCUT2D eigenvalue weighted by Crippen LogP contribution is -2.65. The quantitative estimate of drug-likeness (QED) is 0.657. The van der Waals surface area contributed by atoms with Crippen LogP contribution in [0.1, 0.15) is 43.6 Å². The Balaban J connectivity index is 2.16. The van der Waals surface area contributed by atoms with E-state index in [2.05, 4.69) is 0 Å². The Morgan fingerprint density at radius 2 is 1.15 bits per heavy atom. The van der Waals surface area contributed by atoms with E-state index in [1.165, 1.54) is 0 Å². The van der Waals surface area contributed by atoms with Gasteiger partial charge in [0.15, 0.2) is 5.76 Å². The van der Waals surface area contributed by atoms with Gasteiger partial charge in [0.05, 0.1) is 26.4 Å². The molecule has 7 nitrogen and oxygen atoms in total. The molecule has 0 saturated carbocycles. The largest absolute Gasteiger partial charge is 0.428 e. The number of ketones is 1.